The molecule has 0 aliphatic rings. The maximum atomic E-state index is 11.6. The van der Waals surface area contributed by atoms with Gasteiger partial charge in [-0.15, -0.1) is 0 Å². The predicted molar refractivity (Wildman–Crippen MR) is 82.0 cm³/mol. The van der Waals surface area contributed by atoms with Crippen LogP contribution in [0.5, 0.6) is 0 Å². The molecule has 0 unspecified atom stereocenters. The lowest BCUT2D eigenvalue weighted by Crippen LogP contribution is -2.04. The number of carbonyl (C=O) groups is 2. The molecule has 0 atom stereocenters. The van der Waals surface area contributed by atoms with Gasteiger partial charge >= 0.3 is 11.9 Å². The van der Waals surface area contributed by atoms with E-state index < -0.39 is 11.9 Å². The number of rotatable bonds is 2. The zero-order chi connectivity index (χ0) is 14.9. The average molecular weight is 402 g/mol. The Labute approximate surface area is 132 Å². The summed E-state index contributed by atoms with van der Waals surface area (Å²) in [6.07, 6.45) is 0. The molecule has 0 aromatic heterocycles. The lowest BCUT2D eigenvalue weighted by Gasteiger charge is -2.10. The summed E-state index contributed by atoms with van der Waals surface area (Å²) in [4.78, 5) is 23.3. The van der Waals surface area contributed by atoms with Crippen molar-refractivity contribution in [3.8, 4) is 0 Å². The number of carbonyl (C=O) groups excluding carboxylic acids is 2. The van der Waals surface area contributed by atoms with Gasteiger partial charge in [0.05, 0.1) is 25.3 Å². The van der Waals surface area contributed by atoms with E-state index in [2.05, 4.69) is 31.9 Å². The maximum Gasteiger partial charge on any atom is 0.339 e. The van der Waals surface area contributed by atoms with Gasteiger partial charge in [-0.25, -0.2) is 9.59 Å². The molecule has 0 saturated heterocycles. The number of hydrogen-bond acceptors (Lipinski definition) is 4. The minimum atomic E-state index is -0.424. The molecule has 6 heteroatoms. The van der Waals surface area contributed by atoms with Gasteiger partial charge in [-0.2, -0.15) is 0 Å². The van der Waals surface area contributed by atoms with Crippen molar-refractivity contribution in [2.75, 3.05) is 14.2 Å². The molecule has 0 fully saturated rings. The Balaban J connectivity index is 2.71. The average Bonchev–Trinajstić information content (AvgIpc) is 2.47. The molecule has 0 radical (unpaired) electrons. The molecule has 0 spiro atoms. The van der Waals surface area contributed by atoms with Crippen LogP contribution in [0.1, 0.15) is 20.7 Å². The first kappa shape index (κ1) is 15.0. The molecule has 0 aliphatic carbocycles. The highest BCUT2D eigenvalue weighted by Gasteiger charge is 2.17. The number of benzene rings is 2. The molecular formula is C14H10Br2O4. The van der Waals surface area contributed by atoms with Gasteiger partial charge in [0.25, 0.3) is 0 Å². The lowest BCUT2D eigenvalue weighted by molar-refractivity contribution is 0.0590. The van der Waals surface area contributed by atoms with Crippen molar-refractivity contribution in [2.24, 2.45) is 0 Å². The molecule has 0 aliphatic heterocycles. The first-order valence-electron chi connectivity index (χ1n) is 5.58. The van der Waals surface area contributed by atoms with Crippen LogP contribution in [-0.2, 0) is 9.47 Å². The topological polar surface area (TPSA) is 52.6 Å². The molecule has 2 aromatic rings. The second kappa shape index (κ2) is 5.93. The number of esters is 2. The fourth-order valence-corrected chi connectivity index (χ4v) is 3.15. The first-order chi connectivity index (χ1) is 9.51. The Morgan fingerprint density at radius 2 is 1.15 bits per heavy atom. The Bertz CT molecular complexity index is 649. The fourth-order valence-electron chi connectivity index (χ4n) is 1.87. The number of fused-ring (bicyclic) bond motifs is 1. The number of methoxy groups -OCH3 is 2. The van der Waals surface area contributed by atoms with Gasteiger partial charge < -0.3 is 9.47 Å². The summed E-state index contributed by atoms with van der Waals surface area (Å²) in [7, 11) is 2.66. The van der Waals surface area contributed by atoms with Crippen LogP contribution in [0.25, 0.3) is 10.8 Å². The van der Waals surface area contributed by atoms with E-state index in [-0.39, 0.29) is 0 Å². The second-order valence-corrected chi connectivity index (χ2v) is 5.52. The monoisotopic (exact) mass is 400 g/mol. The van der Waals surface area contributed by atoms with Crippen LogP contribution in [-0.4, -0.2) is 26.2 Å². The molecule has 0 bridgehead atoms. The third-order valence-electron chi connectivity index (χ3n) is 2.88. The van der Waals surface area contributed by atoms with Gasteiger partial charge in [0.1, 0.15) is 0 Å². The van der Waals surface area contributed by atoms with E-state index >= 15 is 0 Å². The molecule has 4 nitrogen and oxygen atoms in total. The van der Waals surface area contributed by atoms with Crippen molar-refractivity contribution < 1.29 is 19.1 Å². The molecule has 0 N–H and O–H groups in total. The fraction of sp³-hybridized carbons (Fsp3) is 0.143. The van der Waals surface area contributed by atoms with Crippen LogP contribution < -0.4 is 0 Å². The van der Waals surface area contributed by atoms with Gasteiger partial charge in [0.15, 0.2) is 0 Å². The van der Waals surface area contributed by atoms with E-state index in [1.165, 1.54) is 14.2 Å². The van der Waals surface area contributed by atoms with Crippen LogP contribution >= 0.6 is 31.9 Å². The van der Waals surface area contributed by atoms with Crippen molar-refractivity contribution in [3.05, 3.63) is 44.3 Å². The van der Waals surface area contributed by atoms with Gasteiger partial charge in [0.2, 0.25) is 0 Å². The highest BCUT2D eigenvalue weighted by molar-refractivity contribution is 9.11. The van der Waals surface area contributed by atoms with E-state index in [1.54, 1.807) is 24.3 Å². The quantitative estimate of drug-likeness (QED) is 0.715. The molecule has 2 rings (SSSR count). The highest BCUT2D eigenvalue weighted by atomic mass is 79.9. The largest absolute Gasteiger partial charge is 0.465 e. The third kappa shape index (κ3) is 2.45. The molecule has 104 valence electrons. The highest BCUT2D eigenvalue weighted by Crippen LogP contribution is 2.34. The van der Waals surface area contributed by atoms with E-state index in [0.29, 0.717) is 20.1 Å². The normalized spacial score (nSPS) is 10.4. The van der Waals surface area contributed by atoms with Crippen molar-refractivity contribution in [2.45, 2.75) is 0 Å². The summed E-state index contributed by atoms with van der Waals surface area (Å²) in [5.41, 5.74) is 0.857. The van der Waals surface area contributed by atoms with Gasteiger partial charge in [-0.1, -0.05) is 12.1 Å². The summed E-state index contributed by atoms with van der Waals surface area (Å²) in [6, 6.07) is 6.79. The molecule has 20 heavy (non-hydrogen) atoms. The lowest BCUT2D eigenvalue weighted by atomic mass is 10.0. The van der Waals surface area contributed by atoms with E-state index in [4.69, 9.17) is 9.47 Å². The minimum Gasteiger partial charge on any atom is -0.465 e. The number of halogens is 2. The summed E-state index contributed by atoms with van der Waals surface area (Å²) >= 11 is 6.80. The van der Waals surface area contributed by atoms with Crippen LogP contribution in [0.3, 0.4) is 0 Å². The van der Waals surface area contributed by atoms with Crippen molar-refractivity contribution in [3.63, 3.8) is 0 Å². The molecule has 0 saturated carbocycles. The second-order valence-electron chi connectivity index (χ2n) is 3.93. The zero-order valence-electron chi connectivity index (χ0n) is 10.7. The van der Waals surface area contributed by atoms with Crippen molar-refractivity contribution in [1.29, 1.82) is 0 Å². The predicted octanol–water partition coefficient (Wildman–Crippen LogP) is 3.94. The molecule has 2 aromatic carbocycles. The summed E-state index contributed by atoms with van der Waals surface area (Å²) in [6.45, 7) is 0. The van der Waals surface area contributed by atoms with Crippen molar-refractivity contribution >= 4 is 54.6 Å². The SMILES string of the molecule is COC(=O)c1ccc2c(Br)c(C(=O)OC)ccc2c1Br. The van der Waals surface area contributed by atoms with E-state index in [0.717, 1.165) is 10.8 Å². The Kier molecular flexibility index (Phi) is 4.45. The molecule has 0 amide bonds. The Hall–Kier alpha value is -1.40. The van der Waals surface area contributed by atoms with E-state index in [1.807, 2.05) is 0 Å². The van der Waals surface area contributed by atoms with Crippen molar-refractivity contribution in [1.82, 2.24) is 0 Å². The Morgan fingerprint density at radius 1 is 0.800 bits per heavy atom. The third-order valence-corrected chi connectivity index (χ3v) is 4.59. The standard InChI is InChI=1S/C14H10Br2O4/c1-19-13(17)9-5-3-8-7(11(9)15)4-6-10(12(8)16)14(18)20-2/h3-6H,1-2H3. The zero-order valence-corrected chi connectivity index (χ0v) is 13.9. The summed E-state index contributed by atoms with van der Waals surface area (Å²) in [5, 5.41) is 1.60. The first-order valence-corrected chi connectivity index (χ1v) is 7.17. The minimum absolute atomic E-state index is 0.424. The van der Waals surface area contributed by atoms with Crippen LogP contribution in [0.4, 0.5) is 0 Å². The van der Waals surface area contributed by atoms with Crippen LogP contribution in [0, 0.1) is 0 Å². The maximum absolute atomic E-state index is 11.6. The molecule has 0 heterocycles. The van der Waals surface area contributed by atoms with Gasteiger partial charge in [-0.05, 0) is 54.8 Å². The Morgan fingerprint density at radius 3 is 1.45 bits per heavy atom. The van der Waals surface area contributed by atoms with Crippen LogP contribution in [0.2, 0.25) is 0 Å². The summed E-state index contributed by atoms with van der Waals surface area (Å²) < 4.78 is 10.7. The number of ether oxygens (including phenoxy) is 2. The number of hydrogen-bond donors (Lipinski definition) is 0. The van der Waals surface area contributed by atoms with Gasteiger partial charge in [-0.3, -0.25) is 0 Å². The van der Waals surface area contributed by atoms with Gasteiger partial charge in [0, 0.05) is 8.95 Å². The molecular weight excluding hydrogens is 392 g/mol. The smallest absolute Gasteiger partial charge is 0.339 e. The summed E-state index contributed by atoms with van der Waals surface area (Å²) in [5.74, 6) is -0.848. The van der Waals surface area contributed by atoms with Crippen LogP contribution in [0.15, 0.2) is 33.2 Å². The van der Waals surface area contributed by atoms with E-state index in [9.17, 15) is 9.59 Å².